The lowest BCUT2D eigenvalue weighted by Gasteiger charge is -2.40. The number of anilines is 2. The van der Waals surface area contributed by atoms with Crippen LogP contribution in [0.1, 0.15) is 44.9 Å². The van der Waals surface area contributed by atoms with Gasteiger partial charge in [-0.05, 0) is 37.1 Å². The SMILES string of the molecule is Nc1cnc2ccsc2c1NC1(CCCS(=O)[O-])CCCCC1. The quantitative estimate of drug-likeness (QED) is 0.774. The highest BCUT2D eigenvalue weighted by Gasteiger charge is 2.32. The zero-order valence-electron chi connectivity index (χ0n) is 13.0. The molecule has 23 heavy (non-hydrogen) atoms. The van der Waals surface area contributed by atoms with Crippen molar-refractivity contribution in [2.24, 2.45) is 0 Å². The molecule has 7 heteroatoms. The number of thiophene rings is 1. The van der Waals surface area contributed by atoms with E-state index in [-0.39, 0.29) is 11.3 Å². The molecular weight excluding hydrogens is 330 g/mol. The maximum absolute atomic E-state index is 10.9. The van der Waals surface area contributed by atoms with Crippen LogP contribution in [-0.2, 0) is 11.1 Å². The molecule has 1 aliphatic carbocycles. The molecule has 0 aromatic carbocycles. The summed E-state index contributed by atoms with van der Waals surface area (Å²) in [5.74, 6) is 0.226. The first-order valence-electron chi connectivity index (χ1n) is 8.05. The average Bonchev–Trinajstić information content (AvgIpc) is 3.00. The molecule has 1 aliphatic rings. The second-order valence-electron chi connectivity index (χ2n) is 6.30. The van der Waals surface area contributed by atoms with E-state index in [0.29, 0.717) is 12.1 Å². The van der Waals surface area contributed by atoms with Crippen LogP contribution >= 0.6 is 11.3 Å². The van der Waals surface area contributed by atoms with Gasteiger partial charge < -0.3 is 15.6 Å². The summed E-state index contributed by atoms with van der Waals surface area (Å²) in [6.07, 6.45) is 8.97. The van der Waals surface area contributed by atoms with Gasteiger partial charge in [0.05, 0.1) is 27.8 Å². The van der Waals surface area contributed by atoms with E-state index in [9.17, 15) is 8.76 Å². The first-order valence-corrected chi connectivity index (χ1v) is 10.2. The van der Waals surface area contributed by atoms with Gasteiger partial charge in [0.15, 0.2) is 0 Å². The molecule has 5 nitrogen and oxygen atoms in total. The highest BCUT2D eigenvalue weighted by Crippen LogP contribution is 2.40. The molecule has 2 aromatic heterocycles. The van der Waals surface area contributed by atoms with Gasteiger partial charge in [-0.1, -0.05) is 30.3 Å². The summed E-state index contributed by atoms with van der Waals surface area (Å²) in [5, 5.41) is 5.73. The Hall–Kier alpha value is -1.18. The summed E-state index contributed by atoms with van der Waals surface area (Å²) in [4.78, 5) is 4.37. The minimum atomic E-state index is -1.97. The van der Waals surface area contributed by atoms with E-state index in [1.807, 2.05) is 11.4 Å². The van der Waals surface area contributed by atoms with Gasteiger partial charge in [0.2, 0.25) is 0 Å². The van der Waals surface area contributed by atoms with Crippen molar-refractivity contribution in [2.45, 2.75) is 50.5 Å². The van der Waals surface area contributed by atoms with Crippen LogP contribution in [0.15, 0.2) is 17.6 Å². The number of aromatic nitrogens is 1. The summed E-state index contributed by atoms with van der Waals surface area (Å²) >= 11 is -0.325. The summed E-state index contributed by atoms with van der Waals surface area (Å²) in [6.45, 7) is 0. The van der Waals surface area contributed by atoms with Crippen molar-refractivity contribution in [2.75, 3.05) is 16.8 Å². The van der Waals surface area contributed by atoms with E-state index in [1.165, 1.54) is 19.3 Å². The van der Waals surface area contributed by atoms with Gasteiger partial charge in [0.25, 0.3) is 0 Å². The normalized spacial score (nSPS) is 18.8. The highest BCUT2D eigenvalue weighted by atomic mass is 32.2. The highest BCUT2D eigenvalue weighted by molar-refractivity contribution is 7.79. The Morgan fingerprint density at radius 2 is 2.17 bits per heavy atom. The van der Waals surface area contributed by atoms with Crippen LogP contribution in [0, 0.1) is 0 Å². The van der Waals surface area contributed by atoms with E-state index < -0.39 is 11.1 Å². The van der Waals surface area contributed by atoms with Crippen molar-refractivity contribution in [3.05, 3.63) is 17.6 Å². The fourth-order valence-electron chi connectivity index (χ4n) is 3.51. The fraction of sp³-hybridized carbons (Fsp3) is 0.562. The Morgan fingerprint density at radius 3 is 2.91 bits per heavy atom. The van der Waals surface area contributed by atoms with Gasteiger partial charge in [-0.25, -0.2) is 0 Å². The number of nitrogens with one attached hydrogen (secondary N) is 1. The maximum Gasteiger partial charge on any atom is 0.0832 e. The van der Waals surface area contributed by atoms with Crippen LogP contribution in [0.5, 0.6) is 0 Å². The van der Waals surface area contributed by atoms with E-state index in [1.54, 1.807) is 17.5 Å². The van der Waals surface area contributed by atoms with Crippen LogP contribution in [0.4, 0.5) is 11.4 Å². The van der Waals surface area contributed by atoms with E-state index in [4.69, 9.17) is 5.73 Å². The molecule has 1 fully saturated rings. The second-order valence-corrected chi connectivity index (χ2v) is 8.23. The molecule has 1 unspecified atom stereocenters. The number of nitrogens with zero attached hydrogens (tertiary/aromatic N) is 1. The molecule has 3 rings (SSSR count). The van der Waals surface area contributed by atoms with Crippen LogP contribution in [0.25, 0.3) is 10.2 Å². The number of nitrogen functional groups attached to an aromatic ring is 1. The van der Waals surface area contributed by atoms with Crippen LogP contribution in [-0.4, -0.2) is 25.0 Å². The van der Waals surface area contributed by atoms with Gasteiger partial charge >= 0.3 is 0 Å². The molecule has 1 saturated carbocycles. The van der Waals surface area contributed by atoms with Gasteiger partial charge in [-0.2, -0.15) is 0 Å². The summed E-state index contributed by atoms with van der Waals surface area (Å²) in [6, 6.07) is 2.00. The predicted octanol–water partition coefficient (Wildman–Crippen LogP) is 3.65. The Kier molecular flexibility index (Phi) is 5.18. The molecule has 0 bridgehead atoms. The zero-order valence-corrected chi connectivity index (χ0v) is 14.7. The molecule has 3 N–H and O–H groups in total. The van der Waals surface area contributed by atoms with Crippen molar-refractivity contribution >= 4 is 44.0 Å². The molecule has 0 radical (unpaired) electrons. The third-order valence-electron chi connectivity index (χ3n) is 4.67. The lowest BCUT2D eigenvalue weighted by Crippen LogP contribution is -2.40. The van der Waals surface area contributed by atoms with Crippen LogP contribution in [0.3, 0.4) is 0 Å². The monoisotopic (exact) mass is 352 g/mol. The Bertz CT molecular complexity index is 696. The molecule has 2 aromatic rings. The van der Waals surface area contributed by atoms with Crippen molar-refractivity contribution in [1.82, 2.24) is 4.98 Å². The van der Waals surface area contributed by atoms with Gasteiger partial charge in [0.1, 0.15) is 0 Å². The number of hydrogen-bond acceptors (Lipinski definition) is 6. The third kappa shape index (κ3) is 3.84. The molecule has 0 spiro atoms. The Balaban J connectivity index is 1.86. The van der Waals surface area contributed by atoms with E-state index >= 15 is 0 Å². The smallest absolute Gasteiger partial charge is 0.0832 e. The van der Waals surface area contributed by atoms with Crippen LogP contribution in [0.2, 0.25) is 0 Å². The van der Waals surface area contributed by atoms with Gasteiger partial charge in [0, 0.05) is 11.3 Å². The topological polar surface area (TPSA) is 91.1 Å². The van der Waals surface area contributed by atoms with Crippen molar-refractivity contribution in [3.63, 3.8) is 0 Å². The summed E-state index contributed by atoms with van der Waals surface area (Å²) < 4.78 is 22.8. The Morgan fingerprint density at radius 1 is 1.39 bits per heavy atom. The molecule has 2 heterocycles. The van der Waals surface area contributed by atoms with Crippen molar-refractivity contribution < 1.29 is 8.76 Å². The molecular formula is C16H22N3O2S2-. The molecule has 0 amide bonds. The average molecular weight is 353 g/mol. The van der Waals surface area contributed by atoms with E-state index in [0.717, 1.165) is 35.2 Å². The number of rotatable bonds is 6. The van der Waals surface area contributed by atoms with Crippen molar-refractivity contribution in [1.29, 1.82) is 0 Å². The minimum Gasteiger partial charge on any atom is -0.772 e. The number of fused-ring (bicyclic) bond motifs is 1. The maximum atomic E-state index is 10.9. The van der Waals surface area contributed by atoms with Gasteiger partial charge in [-0.3, -0.25) is 9.19 Å². The van der Waals surface area contributed by atoms with Gasteiger partial charge in [-0.15, -0.1) is 11.3 Å². The number of hydrogen-bond donors (Lipinski definition) is 2. The summed E-state index contributed by atoms with van der Waals surface area (Å²) in [5.41, 5.74) is 8.72. The standard InChI is InChI=1S/C16H23N3O2S2/c17-12-11-18-13-5-9-22-15(13)14(12)19-16(6-2-1-3-7-16)8-4-10-23(20)21/h5,9,11H,1-4,6-8,10,17H2,(H,18,19)(H,20,21)/p-1. The number of pyridine rings is 1. The van der Waals surface area contributed by atoms with Crippen molar-refractivity contribution in [3.8, 4) is 0 Å². The predicted molar refractivity (Wildman–Crippen MR) is 96.5 cm³/mol. The largest absolute Gasteiger partial charge is 0.772 e. The Labute approximate surface area is 143 Å². The number of nitrogens with two attached hydrogens (primary N) is 1. The third-order valence-corrected chi connectivity index (χ3v) is 6.21. The lowest BCUT2D eigenvalue weighted by molar-refractivity contribution is 0.303. The first kappa shape index (κ1) is 16.7. The molecule has 126 valence electrons. The van der Waals surface area contributed by atoms with Crippen LogP contribution < -0.4 is 11.1 Å². The summed E-state index contributed by atoms with van der Waals surface area (Å²) in [7, 11) is 0. The first-order chi connectivity index (χ1) is 11.1. The zero-order chi connectivity index (χ0) is 16.3. The molecule has 0 saturated heterocycles. The molecule has 0 aliphatic heterocycles. The lowest BCUT2D eigenvalue weighted by atomic mass is 9.78. The van der Waals surface area contributed by atoms with E-state index in [2.05, 4.69) is 10.3 Å². The fourth-order valence-corrected chi connectivity index (χ4v) is 4.76. The minimum absolute atomic E-state index is 0.0516. The molecule has 1 atom stereocenters. The second kappa shape index (κ2) is 7.15.